The molecule has 1 rings (SSSR count). The van der Waals surface area contributed by atoms with Crippen LogP contribution in [0.15, 0.2) is 12.4 Å². The van der Waals surface area contributed by atoms with Crippen LogP contribution in [0.4, 0.5) is 0 Å². The topological polar surface area (TPSA) is 29.9 Å². The van der Waals surface area contributed by atoms with Crippen molar-refractivity contribution < 1.29 is 0 Å². The van der Waals surface area contributed by atoms with Crippen LogP contribution in [-0.2, 0) is 13.5 Å². The SMILES string of the molecule is CCCNC(C)CCCCc1nccn1C. The molecule has 1 atom stereocenters. The van der Waals surface area contributed by atoms with Gasteiger partial charge in [-0.15, -0.1) is 0 Å². The quantitative estimate of drug-likeness (QED) is 0.686. The monoisotopic (exact) mass is 223 g/mol. The number of hydrogen-bond acceptors (Lipinski definition) is 2. The molecule has 0 spiro atoms. The average molecular weight is 223 g/mol. The molecule has 3 heteroatoms. The molecule has 1 aromatic heterocycles. The third-order valence-corrected chi connectivity index (χ3v) is 2.95. The van der Waals surface area contributed by atoms with Crippen molar-refractivity contribution >= 4 is 0 Å². The van der Waals surface area contributed by atoms with E-state index in [1.54, 1.807) is 0 Å². The van der Waals surface area contributed by atoms with Gasteiger partial charge in [-0.3, -0.25) is 0 Å². The molecule has 0 saturated carbocycles. The van der Waals surface area contributed by atoms with Crippen LogP contribution in [0.3, 0.4) is 0 Å². The lowest BCUT2D eigenvalue weighted by atomic mass is 10.1. The number of unbranched alkanes of at least 4 members (excludes halogenated alkanes) is 1. The van der Waals surface area contributed by atoms with E-state index in [-0.39, 0.29) is 0 Å². The zero-order valence-electron chi connectivity index (χ0n) is 10.9. The van der Waals surface area contributed by atoms with E-state index >= 15 is 0 Å². The zero-order valence-corrected chi connectivity index (χ0v) is 10.9. The first-order valence-electron chi connectivity index (χ1n) is 6.43. The Morgan fingerprint density at radius 2 is 2.25 bits per heavy atom. The van der Waals surface area contributed by atoms with Crippen molar-refractivity contribution in [3.8, 4) is 0 Å². The van der Waals surface area contributed by atoms with E-state index in [0.717, 1.165) is 13.0 Å². The van der Waals surface area contributed by atoms with Crippen LogP contribution >= 0.6 is 0 Å². The van der Waals surface area contributed by atoms with Crippen LogP contribution in [-0.4, -0.2) is 22.1 Å². The number of imidazole rings is 1. The van der Waals surface area contributed by atoms with E-state index in [1.807, 2.05) is 12.4 Å². The summed E-state index contributed by atoms with van der Waals surface area (Å²) in [5.74, 6) is 1.20. The standard InChI is InChI=1S/C13H25N3/c1-4-9-14-12(2)7-5-6-8-13-15-10-11-16(13)3/h10-12,14H,4-9H2,1-3H3. The van der Waals surface area contributed by atoms with E-state index in [4.69, 9.17) is 0 Å². The normalized spacial score (nSPS) is 12.9. The van der Waals surface area contributed by atoms with Gasteiger partial charge in [-0.25, -0.2) is 4.98 Å². The number of nitrogens with one attached hydrogen (secondary N) is 1. The Kier molecular flexibility index (Phi) is 6.16. The highest BCUT2D eigenvalue weighted by Gasteiger charge is 2.02. The van der Waals surface area contributed by atoms with Crippen molar-refractivity contribution in [1.82, 2.24) is 14.9 Å². The fraction of sp³-hybridized carbons (Fsp3) is 0.769. The second kappa shape index (κ2) is 7.44. The summed E-state index contributed by atoms with van der Waals surface area (Å²) in [5, 5.41) is 3.52. The minimum absolute atomic E-state index is 0.654. The van der Waals surface area contributed by atoms with Crippen molar-refractivity contribution in [3.63, 3.8) is 0 Å². The largest absolute Gasteiger partial charge is 0.338 e. The molecule has 0 saturated heterocycles. The molecule has 0 bridgehead atoms. The Bertz CT molecular complexity index is 280. The zero-order chi connectivity index (χ0) is 11.8. The van der Waals surface area contributed by atoms with Gasteiger partial charge in [0.15, 0.2) is 0 Å². The van der Waals surface area contributed by atoms with Gasteiger partial charge in [0.25, 0.3) is 0 Å². The van der Waals surface area contributed by atoms with Crippen molar-refractivity contribution in [3.05, 3.63) is 18.2 Å². The molecule has 0 amide bonds. The van der Waals surface area contributed by atoms with Gasteiger partial charge in [-0.1, -0.05) is 13.3 Å². The van der Waals surface area contributed by atoms with Gasteiger partial charge in [0, 0.05) is 31.9 Å². The lowest BCUT2D eigenvalue weighted by Gasteiger charge is -2.12. The maximum atomic E-state index is 4.33. The molecular weight excluding hydrogens is 198 g/mol. The maximum absolute atomic E-state index is 4.33. The molecule has 0 fully saturated rings. The van der Waals surface area contributed by atoms with Gasteiger partial charge in [0.1, 0.15) is 5.82 Å². The first-order valence-corrected chi connectivity index (χ1v) is 6.43. The molecule has 0 aliphatic rings. The summed E-state index contributed by atoms with van der Waals surface area (Å²) in [4.78, 5) is 4.33. The molecule has 1 aromatic rings. The Hall–Kier alpha value is -0.830. The number of rotatable bonds is 8. The van der Waals surface area contributed by atoms with Gasteiger partial charge in [0.05, 0.1) is 0 Å². The summed E-state index contributed by atoms with van der Waals surface area (Å²) >= 11 is 0. The van der Waals surface area contributed by atoms with Crippen LogP contribution < -0.4 is 5.32 Å². The summed E-state index contributed by atoms with van der Waals surface area (Å²) in [5.41, 5.74) is 0. The van der Waals surface area contributed by atoms with E-state index in [0.29, 0.717) is 6.04 Å². The highest BCUT2D eigenvalue weighted by Crippen LogP contribution is 2.06. The summed E-state index contributed by atoms with van der Waals surface area (Å²) < 4.78 is 2.11. The first kappa shape index (κ1) is 13.2. The molecule has 0 aliphatic heterocycles. The van der Waals surface area contributed by atoms with Crippen LogP contribution in [0, 0.1) is 0 Å². The molecule has 0 radical (unpaired) electrons. The van der Waals surface area contributed by atoms with Crippen molar-refractivity contribution in [2.45, 2.75) is 52.0 Å². The summed E-state index contributed by atoms with van der Waals surface area (Å²) in [6, 6.07) is 0.654. The smallest absolute Gasteiger partial charge is 0.108 e. The van der Waals surface area contributed by atoms with Gasteiger partial charge < -0.3 is 9.88 Å². The Labute approximate surface area is 99.3 Å². The minimum Gasteiger partial charge on any atom is -0.338 e. The number of nitrogens with zero attached hydrogens (tertiary/aromatic N) is 2. The predicted octanol–water partition coefficient (Wildman–Crippen LogP) is 2.52. The second-order valence-corrected chi connectivity index (χ2v) is 4.56. The van der Waals surface area contributed by atoms with Gasteiger partial charge >= 0.3 is 0 Å². The third kappa shape index (κ3) is 4.79. The van der Waals surface area contributed by atoms with Crippen LogP contribution in [0.1, 0.15) is 45.4 Å². The highest BCUT2D eigenvalue weighted by atomic mass is 15.0. The highest BCUT2D eigenvalue weighted by molar-refractivity contribution is 4.90. The van der Waals surface area contributed by atoms with Gasteiger partial charge in [0.2, 0.25) is 0 Å². The Morgan fingerprint density at radius 3 is 2.88 bits per heavy atom. The lowest BCUT2D eigenvalue weighted by molar-refractivity contribution is 0.487. The van der Waals surface area contributed by atoms with E-state index in [2.05, 4.69) is 35.8 Å². The summed E-state index contributed by atoms with van der Waals surface area (Å²) in [7, 11) is 2.06. The lowest BCUT2D eigenvalue weighted by Crippen LogP contribution is -2.26. The Balaban J connectivity index is 2.06. The van der Waals surface area contributed by atoms with Gasteiger partial charge in [-0.2, -0.15) is 0 Å². The summed E-state index contributed by atoms with van der Waals surface area (Å²) in [6.45, 7) is 5.62. The number of aromatic nitrogens is 2. The predicted molar refractivity (Wildman–Crippen MR) is 68.5 cm³/mol. The van der Waals surface area contributed by atoms with E-state index < -0.39 is 0 Å². The van der Waals surface area contributed by atoms with Crippen LogP contribution in [0.5, 0.6) is 0 Å². The molecule has 1 N–H and O–H groups in total. The maximum Gasteiger partial charge on any atom is 0.108 e. The second-order valence-electron chi connectivity index (χ2n) is 4.56. The molecule has 3 nitrogen and oxygen atoms in total. The van der Waals surface area contributed by atoms with Crippen molar-refractivity contribution in [2.24, 2.45) is 7.05 Å². The number of hydrogen-bond donors (Lipinski definition) is 1. The fourth-order valence-corrected chi connectivity index (χ4v) is 1.86. The molecule has 92 valence electrons. The van der Waals surface area contributed by atoms with Crippen LogP contribution in [0.25, 0.3) is 0 Å². The summed E-state index contributed by atoms with van der Waals surface area (Å²) in [6.07, 6.45) is 10.0. The molecule has 1 heterocycles. The molecular formula is C13H25N3. The van der Waals surface area contributed by atoms with Crippen LogP contribution in [0.2, 0.25) is 0 Å². The molecule has 1 unspecified atom stereocenters. The molecule has 0 aromatic carbocycles. The molecule has 0 aliphatic carbocycles. The average Bonchev–Trinajstić information content (AvgIpc) is 2.67. The Morgan fingerprint density at radius 1 is 1.44 bits per heavy atom. The first-order chi connectivity index (χ1) is 7.74. The molecule has 16 heavy (non-hydrogen) atoms. The van der Waals surface area contributed by atoms with E-state index in [1.165, 1.54) is 31.5 Å². The van der Waals surface area contributed by atoms with Crippen molar-refractivity contribution in [2.75, 3.05) is 6.54 Å². The third-order valence-electron chi connectivity index (χ3n) is 2.95. The fourth-order valence-electron chi connectivity index (χ4n) is 1.86. The number of aryl methyl sites for hydroxylation is 2. The van der Waals surface area contributed by atoms with Crippen molar-refractivity contribution in [1.29, 1.82) is 0 Å². The minimum atomic E-state index is 0.654. The van der Waals surface area contributed by atoms with Gasteiger partial charge in [-0.05, 0) is 32.7 Å². The van der Waals surface area contributed by atoms with E-state index in [9.17, 15) is 0 Å².